The molecule has 2 aromatic rings. The van der Waals surface area contributed by atoms with Crippen LogP contribution in [0.1, 0.15) is 22.8 Å². The van der Waals surface area contributed by atoms with Crippen molar-refractivity contribution in [3.63, 3.8) is 0 Å². The van der Waals surface area contributed by atoms with Gasteiger partial charge in [0.2, 0.25) is 0 Å². The van der Waals surface area contributed by atoms with Crippen molar-refractivity contribution >= 4 is 5.78 Å². The van der Waals surface area contributed by atoms with Crippen molar-refractivity contribution in [1.29, 1.82) is 0 Å². The van der Waals surface area contributed by atoms with E-state index in [1.807, 2.05) is 49.4 Å². The van der Waals surface area contributed by atoms with E-state index in [0.717, 1.165) is 17.1 Å². The summed E-state index contributed by atoms with van der Waals surface area (Å²) in [4.78, 5) is 11.3. The average Bonchev–Trinajstić information content (AvgIpc) is 2.46. The molecule has 20 heavy (non-hydrogen) atoms. The standard InChI is InChI=1S/C17H18O3/c1-13-12-15(14(2)18)8-9-17(13)20-11-10-19-16-6-4-3-5-7-16/h3-9,12H,10-11H2,1-2H3. The van der Waals surface area contributed by atoms with Gasteiger partial charge >= 0.3 is 0 Å². The van der Waals surface area contributed by atoms with E-state index in [1.54, 1.807) is 13.0 Å². The summed E-state index contributed by atoms with van der Waals surface area (Å²) < 4.78 is 11.2. The first-order chi connectivity index (χ1) is 9.66. The molecule has 3 nitrogen and oxygen atoms in total. The fourth-order valence-electron chi connectivity index (χ4n) is 1.86. The van der Waals surface area contributed by atoms with Crippen LogP contribution in [0.3, 0.4) is 0 Å². The second-order valence-corrected chi connectivity index (χ2v) is 4.55. The molecule has 0 aromatic heterocycles. The average molecular weight is 270 g/mol. The lowest BCUT2D eigenvalue weighted by Crippen LogP contribution is -2.09. The summed E-state index contributed by atoms with van der Waals surface area (Å²) in [6.07, 6.45) is 0. The molecule has 0 bridgehead atoms. The van der Waals surface area contributed by atoms with Gasteiger partial charge in [0, 0.05) is 5.56 Å². The highest BCUT2D eigenvalue weighted by atomic mass is 16.5. The molecular formula is C17H18O3. The van der Waals surface area contributed by atoms with Gasteiger partial charge in [-0.15, -0.1) is 0 Å². The topological polar surface area (TPSA) is 35.5 Å². The molecule has 0 aliphatic rings. The molecule has 0 aliphatic heterocycles. The molecule has 3 heteroatoms. The van der Waals surface area contributed by atoms with Crippen molar-refractivity contribution in [2.24, 2.45) is 0 Å². The van der Waals surface area contributed by atoms with Gasteiger partial charge < -0.3 is 9.47 Å². The summed E-state index contributed by atoms with van der Waals surface area (Å²) in [5, 5.41) is 0. The SMILES string of the molecule is CC(=O)c1ccc(OCCOc2ccccc2)c(C)c1. The monoisotopic (exact) mass is 270 g/mol. The Hall–Kier alpha value is -2.29. The maximum absolute atomic E-state index is 11.3. The third-order valence-electron chi connectivity index (χ3n) is 2.93. The maximum atomic E-state index is 11.3. The molecular weight excluding hydrogens is 252 g/mol. The molecule has 0 N–H and O–H groups in total. The minimum atomic E-state index is 0.0621. The molecule has 0 radical (unpaired) electrons. The summed E-state index contributed by atoms with van der Waals surface area (Å²) in [5.41, 5.74) is 1.66. The number of hydrogen-bond donors (Lipinski definition) is 0. The minimum Gasteiger partial charge on any atom is -0.490 e. The second-order valence-electron chi connectivity index (χ2n) is 4.55. The molecule has 0 heterocycles. The van der Waals surface area contributed by atoms with Crippen molar-refractivity contribution < 1.29 is 14.3 Å². The van der Waals surface area contributed by atoms with Crippen LogP contribution in [0.5, 0.6) is 11.5 Å². The Labute approximate surface area is 119 Å². The highest BCUT2D eigenvalue weighted by molar-refractivity contribution is 5.94. The smallest absolute Gasteiger partial charge is 0.159 e. The van der Waals surface area contributed by atoms with Crippen LogP contribution in [-0.2, 0) is 0 Å². The van der Waals surface area contributed by atoms with Crippen molar-refractivity contribution in [2.45, 2.75) is 13.8 Å². The van der Waals surface area contributed by atoms with Crippen LogP contribution in [0, 0.1) is 6.92 Å². The van der Waals surface area contributed by atoms with Gasteiger partial charge in [-0.2, -0.15) is 0 Å². The maximum Gasteiger partial charge on any atom is 0.159 e. The van der Waals surface area contributed by atoms with Gasteiger partial charge in [-0.05, 0) is 49.7 Å². The summed E-state index contributed by atoms with van der Waals surface area (Å²) in [5.74, 6) is 1.68. The van der Waals surface area contributed by atoms with Crippen molar-refractivity contribution in [3.8, 4) is 11.5 Å². The van der Waals surface area contributed by atoms with E-state index in [1.165, 1.54) is 0 Å². The predicted molar refractivity (Wildman–Crippen MR) is 78.6 cm³/mol. The molecule has 0 fully saturated rings. The highest BCUT2D eigenvalue weighted by Crippen LogP contribution is 2.19. The number of carbonyl (C=O) groups excluding carboxylic acids is 1. The first kappa shape index (κ1) is 14.1. The molecule has 0 unspecified atom stereocenters. The Bertz CT molecular complexity index is 576. The number of aryl methyl sites for hydroxylation is 1. The van der Waals surface area contributed by atoms with E-state index in [-0.39, 0.29) is 5.78 Å². The van der Waals surface area contributed by atoms with Crippen LogP contribution in [-0.4, -0.2) is 19.0 Å². The van der Waals surface area contributed by atoms with Crippen LogP contribution in [0.4, 0.5) is 0 Å². The highest BCUT2D eigenvalue weighted by Gasteiger charge is 2.04. The number of hydrogen-bond acceptors (Lipinski definition) is 3. The van der Waals surface area contributed by atoms with Gasteiger partial charge in [0.05, 0.1) is 0 Å². The van der Waals surface area contributed by atoms with Crippen molar-refractivity contribution in [2.75, 3.05) is 13.2 Å². The second kappa shape index (κ2) is 6.75. The van der Waals surface area contributed by atoms with E-state index >= 15 is 0 Å². The molecule has 0 saturated heterocycles. The molecule has 0 spiro atoms. The van der Waals surface area contributed by atoms with Crippen LogP contribution < -0.4 is 9.47 Å². The van der Waals surface area contributed by atoms with E-state index < -0.39 is 0 Å². The molecule has 0 saturated carbocycles. The Morgan fingerprint density at radius 1 is 1.00 bits per heavy atom. The number of carbonyl (C=O) groups is 1. The lowest BCUT2D eigenvalue weighted by Gasteiger charge is -2.11. The summed E-state index contributed by atoms with van der Waals surface area (Å²) in [6.45, 7) is 4.44. The zero-order valence-electron chi connectivity index (χ0n) is 11.8. The normalized spacial score (nSPS) is 10.1. The lowest BCUT2D eigenvalue weighted by molar-refractivity contribution is 0.101. The third-order valence-corrected chi connectivity index (χ3v) is 2.93. The lowest BCUT2D eigenvalue weighted by atomic mass is 10.1. The quantitative estimate of drug-likeness (QED) is 0.593. The number of ether oxygens (including phenoxy) is 2. The van der Waals surface area contributed by atoms with Gasteiger partial charge in [-0.25, -0.2) is 0 Å². The number of ketones is 1. The van der Waals surface area contributed by atoms with E-state index in [4.69, 9.17) is 9.47 Å². The molecule has 2 rings (SSSR count). The van der Waals surface area contributed by atoms with Gasteiger partial charge in [0.25, 0.3) is 0 Å². The summed E-state index contributed by atoms with van der Waals surface area (Å²) >= 11 is 0. The molecule has 0 amide bonds. The van der Waals surface area contributed by atoms with E-state index in [9.17, 15) is 4.79 Å². The largest absolute Gasteiger partial charge is 0.490 e. The number of benzene rings is 2. The van der Waals surface area contributed by atoms with Crippen LogP contribution in [0.15, 0.2) is 48.5 Å². The Morgan fingerprint density at radius 2 is 1.70 bits per heavy atom. The number of para-hydroxylation sites is 1. The number of rotatable bonds is 6. The molecule has 0 aliphatic carbocycles. The van der Waals surface area contributed by atoms with Gasteiger partial charge in [-0.1, -0.05) is 18.2 Å². The fraction of sp³-hybridized carbons (Fsp3) is 0.235. The summed E-state index contributed by atoms with van der Waals surface area (Å²) in [7, 11) is 0. The zero-order chi connectivity index (χ0) is 14.4. The van der Waals surface area contributed by atoms with Crippen molar-refractivity contribution in [3.05, 3.63) is 59.7 Å². The Kier molecular flexibility index (Phi) is 4.77. The fourth-order valence-corrected chi connectivity index (χ4v) is 1.86. The van der Waals surface area contributed by atoms with E-state index in [0.29, 0.717) is 18.8 Å². The van der Waals surface area contributed by atoms with Gasteiger partial charge in [0.15, 0.2) is 5.78 Å². The Morgan fingerprint density at radius 3 is 2.35 bits per heavy atom. The third kappa shape index (κ3) is 3.85. The molecule has 0 atom stereocenters. The molecule has 104 valence electrons. The zero-order valence-corrected chi connectivity index (χ0v) is 11.8. The van der Waals surface area contributed by atoms with Gasteiger partial charge in [0.1, 0.15) is 24.7 Å². The minimum absolute atomic E-state index is 0.0621. The summed E-state index contributed by atoms with van der Waals surface area (Å²) in [6, 6.07) is 15.1. The first-order valence-corrected chi connectivity index (χ1v) is 6.59. The number of Topliss-reactive ketones (excluding diaryl/α,β-unsaturated/α-hetero) is 1. The first-order valence-electron chi connectivity index (χ1n) is 6.59. The van der Waals surface area contributed by atoms with Crippen LogP contribution >= 0.6 is 0 Å². The van der Waals surface area contributed by atoms with Gasteiger partial charge in [-0.3, -0.25) is 4.79 Å². The van der Waals surface area contributed by atoms with Crippen molar-refractivity contribution in [1.82, 2.24) is 0 Å². The van der Waals surface area contributed by atoms with Crippen LogP contribution in [0.2, 0.25) is 0 Å². The molecule has 2 aromatic carbocycles. The van der Waals surface area contributed by atoms with Crippen LogP contribution in [0.25, 0.3) is 0 Å². The predicted octanol–water partition coefficient (Wildman–Crippen LogP) is 3.66. The Balaban J connectivity index is 1.84. The van der Waals surface area contributed by atoms with E-state index in [2.05, 4.69) is 0 Å².